The number of halogens is 4. The zero-order valence-electron chi connectivity index (χ0n) is 4.65. The molecule has 0 aliphatic rings. The van der Waals surface area contributed by atoms with E-state index in [1.807, 2.05) is 0 Å². The first-order chi connectivity index (χ1) is 4.42. The third-order valence-corrected chi connectivity index (χ3v) is 2.27. The summed E-state index contributed by atoms with van der Waals surface area (Å²) in [5, 5.41) is 3.70. The van der Waals surface area contributed by atoms with Crippen LogP contribution in [0.3, 0.4) is 0 Å². The molecule has 0 rings (SSSR count). The Bertz CT molecular complexity index is 138. The van der Waals surface area contributed by atoms with E-state index in [4.69, 9.17) is 39.9 Å². The second-order valence-corrected chi connectivity index (χ2v) is 2.94. The van der Waals surface area contributed by atoms with E-state index in [-0.39, 0.29) is 5.88 Å². The molecule has 0 aromatic heterocycles. The number of alkyl halides is 4. The first kappa shape index (κ1) is 10.3. The minimum atomic E-state index is -2.97. The largest absolute Gasteiger partial charge is 0.478 e. The Balaban J connectivity index is 4.23. The smallest absolute Gasteiger partial charge is 0.358 e. The third-order valence-electron chi connectivity index (χ3n) is 0.814. The van der Waals surface area contributed by atoms with Crippen molar-refractivity contribution >= 4 is 40.8 Å². The fourth-order valence-corrected chi connectivity index (χ4v) is 0.693. The molecule has 60 valence electrons. The first-order valence-electron chi connectivity index (χ1n) is 2.24. The maximum absolute atomic E-state index is 12.6. The van der Waals surface area contributed by atoms with Crippen molar-refractivity contribution in [1.29, 1.82) is 0 Å². The summed E-state index contributed by atoms with van der Waals surface area (Å²) in [7, 11) is 0. The molecule has 2 atom stereocenters. The summed E-state index contributed by atoms with van der Waals surface area (Å²) in [6.07, 6.45) is 0. The highest BCUT2D eigenvalue weighted by atomic mass is 35.5. The summed E-state index contributed by atoms with van der Waals surface area (Å²) in [6, 6.07) is 0. The van der Waals surface area contributed by atoms with Crippen molar-refractivity contribution in [3.05, 3.63) is 0 Å². The average Bonchev–Trinajstić information content (AvgIpc) is 1.86. The zero-order valence-corrected chi connectivity index (χ0v) is 6.92. The minimum absolute atomic E-state index is 0.353. The summed E-state index contributed by atoms with van der Waals surface area (Å²) in [4.78, 5) is 9.97. The second kappa shape index (κ2) is 3.60. The monoisotopic (exact) mass is 208 g/mol. The molecule has 0 heterocycles. The Kier molecular flexibility index (Phi) is 3.70. The molecule has 0 radical (unpaired) electrons. The lowest BCUT2D eigenvalue weighted by atomic mass is 10.3. The van der Waals surface area contributed by atoms with Gasteiger partial charge >= 0.3 is 5.97 Å². The molecular formula is C4H4Cl3FO2. The fourth-order valence-electron chi connectivity index (χ4n) is 0.231. The van der Waals surface area contributed by atoms with Crippen molar-refractivity contribution < 1.29 is 14.3 Å². The van der Waals surface area contributed by atoms with Crippen LogP contribution < -0.4 is 0 Å². The number of aliphatic carboxylic acids is 1. The van der Waals surface area contributed by atoms with Crippen LogP contribution in [0.2, 0.25) is 0 Å². The second-order valence-electron chi connectivity index (χ2n) is 1.55. The fraction of sp³-hybridized carbons (Fsp3) is 0.750. The molecule has 0 aromatic carbocycles. The molecule has 2 nitrogen and oxygen atoms in total. The summed E-state index contributed by atoms with van der Waals surface area (Å²) < 4.78 is 12.6. The number of carboxylic acids is 1. The number of carboxylic acid groups (broad SMARTS) is 1. The van der Waals surface area contributed by atoms with Crippen LogP contribution in [0.15, 0.2) is 0 Å². The highest BCUT2D eigenvalue weighted by Gasteiger charge is 2.43. The molecule has 6 heteroatoms. The molecule has 1 N–H and O–H groups in total. The van der Waals surface area contributed by atoms with Gasteiger partial charge < -0.3 is 5.11 Å². The summed E-state index contributed by atoms with van der Waals surface area (Å²) in [5.74, 6) is -2.18. The van der Waals surface area contributed by atoms with Gasteiger partial charge in [-0.2, -0.15) is 0 Å². The topological polar surface area (TPSA) is 37.3 Å². The van der Waals surface area contributed by atoms with Crippen molar-refractivity contribution in [2.75, 3.05) is 5.88 Å². The molecular weight excluding hydrogens is 205 g/mol. The molecule has 0 amide bonds. The summed E-state index contributed by atoms with van der Waals surface area (Å²) in [6.45, 7) is 0. The van der Waals surface area contributed by atoms with E-state index in [1.165, 1.54) is 0 Å². The van der Waals surface area contributed by atoms with Gasteiger partial charge in [0.1, 0.15) is 5.38 Å². The number of hydrogen-bond acceptors (Lipinski definition) is 1. The van der Waals surface area contributed by atoms with Crippen LogP contribution in [0.25, 0.3) is 0 Å². The van der Waals surface area contributed by atoms with Gasteiger partial charge in [0, 0.05) is 5.88 Å². The van der Waals surface area contributed by atoms with Crippen LogP contribution >= 0.6 is 34.8 Å². The molecule has 0 fully saturated rings. The molecule has 0 spiro atoms. The average molecular weight is 209 g/mol. The van der Waals surface area contributed by atoms with Crippen LogP contribution in [0, 0.1) is 0 Å². The van der Waals surface area contributed by atoms with E-state index in [0.717, 1.165) is 0 Å². The highest BCUT2D eigenvalue weighted by molar-refractivity contribution is 6.40. The van der Waals surface area contributed by atoms with Gasteiger partial charge in [0.15, 0.2) is 0 Å². The van der Waals surface area contributed by atoms with Gasteiger partial charge in [-0.15, -0.1) is 23.2 Å². The minimum Gasteiger partial charge on any atom is -0.478 e. The normalized spacial score (nSPS) is 19.6. The van der Waals surface area contributed by atoms with Crippen molar-refractivity contribution in [3.8, 4) is 0 Å². The Morgan fingerprint density at radius 2 is 2.20 bits per heavy atom. The van der Waals surface area contributed by atoms with Gasteiger partial charge in [0.25, 0.3) is 5.13 Å². The number of rotatable bonds is 3. The van der Waals surface area contributed by atoms with E-state index in [1.54, 1.807) is 0 Å². The lowest BCUT2D eigenvalue weighted by molar-refractivity contribution is -0.145. The highest BCUT2D eigenvalue weighted by Crippen LogP contribution is 2.27. The number of hydrogen-bond donors (Lipinski definition) is 1. The van der Waals surface area contributed by atoms with Crippen LogP contribution in [0.4, 0.5) is 4.39 Å². The van der Waals surface area contributed by atoms with E-state index in [2.05, 4.69) is 0 Å². The maximum atomic E-state index is 12.6. The quantitative estimate of drug-likeness (QED) is 0.720. The lowest BCUT2D eigenvalue weighted by Gasteiger charge is -2.15. The van der Waals surface area contributed by atoms with Crippen molar-refractivity contribution in [3.63, 3.8) is 0 Å². The van der Waals surface area contributed by atoms with E-state index < -0.39 is 16.5 Å². The Morgan fingerprint density at radius 1 is 1.80 bits per heavy atom. The first-order valence-corrected chi connectivity index (χ1v) is 3.59. The van der Waals surface area contributed by atoms with Crippen LogP contribution in [0.1, 0.15) is 0 Å². The standard InChI is InChI=1S/C4H4Cl3FO2/c5-1-2(6)4(7,8)3(9)10/h2H,1H2,(H,9,10). The zero-order chi connectivity index (χ0) is 8.36. The molecule has 0 bridgehead atoms. The molecule has 0 saturated heterocycles. The summed E-state index contributed by atoms with van der Waals surface area (Å²) in [5.41, 5.74) is 0. The van der Waals surface area contributed by atoms with E-state index >= 15 is 0 Å². The Labute approximate surface area is 71.9 Å². The van der Waals surface area contributed by atoms with E-state index in [9.17, 15) is 9.18 Å². The third kappa shape index (κ3) is 2.15. The van der Waals surface area contributed by atoms with Gasteiger partial charge in [0.05, 0.1) is 0 Å². The summed E-state index contributed by atoms with van der Waals surface area (Å²) >= 11 is 15.0. The van der Waals surface area contributed by atoms with Crippen molar-refractivity contribution in [1.82, 2.24) is 0 Å². The maximum Gasteiger partial charge on any atom is 0.358 e. The molecule has 10 heavy (non-hydrogen) atoms. The molecule has 0 saturated carbocycles. The van der Waals surface area contributed by atoms with E-state index in [0.29, 0.717) is 0 Å². The van der Waals surface area contributed by atoms with Gasteiger partial charge in [0.2, 0.25) is 0 Å². The van der Waals surface area contributed by atoms with Gasteiger partial charge in [-0.05, 0) is 0 Å². The molecule has 0 aliphatic heterocycles. The van der Waals surface area contributed by atoms with Gasteiger partial charge in [-0.3, -0.25) is 0 Å². The number of carbonyl (C=O) groups is 1. The Morgan fingerprint density at radius 3 is 2.30 bits per heavy atom. The predicted molar refractivity (Wildman–Crippen MR) is 37.7 cm³/mol. The van der Waals surface area contributed by atoms with Crippen molar-refractivity contribution in [2.24, 2.45) is 0 Å². The van der Waals surface area contributed by atoms with Crippen LogP contribution in [-0.4, -0.2) is 27.5 Å². The van der Waals surface area contributed by atoms with Crippen molar-refractivity contribution in [2.45, 2.75) is 10.5 Å². The SMILES string of the molecule is O=C(O)C(F)(Cl)C(Cl)CCl. The van der Waals surface area contributed by atoms with Gasteiger partial charge in [-0.25, -0.2) is 9.18 Å². The molecule has 2 unspecified atom stereocenters. The molecule has 0 aromatic rings. The van der Waals surface area contributed by atoms with Gasteiger partial charge in [-0.1, -0.05) is 11.6 Å². The Hall–Kier alpha value is 0.270. The predicted octanol–water partition coefficient (Wildman–Crippen LogP) is 1.82. The van der Waals surface area contributed by atoms with Crippen LogP contribution in [0.5, 0.6) is 0 Å². The van der Waals surface area contributed by atoms with Crippen LogP contribution in [-0.2, 0) is 4.79 Å². The molecule has 0 aliphatic carbocycles. The lowest BCUT2D eigenvalue weighted by Crippen LogP contribution is -2.37.